The number of carbonyl (C=O) groups excluding carboxylic acids is 3. The molecule has 0 unspecified atom stereocenters. The summed E-state index contributed by atoms with van der Waals surface area (Å²) in [7, 11) is 0. The van der Waals surface area contributed by atoms with Crippen LogP contribution in [0.3, 0.4) is 0 Å². The van der Waals surface area contributed by atoms with Crippen molar-refractivity contribution in [2.75, 3.05) is 13.2 Å². The van der Waals surface area contributed by atoms with Gasteiger partial charge >= 0.3 is 6.03 Å². The fourth-order valence-corrected chi connectivity index (χ4v) is 4.14. The molecule has 0 bridgehead atoms. The Hall–Kier alpha value is -4.30. The molecule has 0 spiro atoms. The number of hydrogen-bond acceptors (Lipinski definition) is 6. The molecule has 0 saturated carbocycles. The lowest BCUT2D eigenvalue weighted by Crippen LogP contribution is -2.53. The molecule has 1 N–H and O–H groups in total. The van der Waals surface area contributed by atoms with Gasteiger partial charge in [-0.1, -0.05) is 61.0 Å². The molecule has 202 valence electrons. The van der Waals surface area contributed by atoms with E-state index >= 15 is 0 Å². The molecule has 3 aromatic carbocycles. The van der Waals surface area contributed by atoms with Crippen LogP contribution in [0.1, 0.15) is 37.0 Å². The van der Waals surface area contributed by atoms with Gasteiger partial charge < -0.3 is 14.2 Å². The molecular formula is C30H29ClN2O6. The monoisotopic (exact) mass is 548 g/mol. The molecule has 4 amide bonds. The van der Waals surface area contributed by atoms with E-state index in [0.29, 0.717) is 53.2 Å². The average Bonchev–Trinajstić information content (AvgIpc) is 2.93. The number of urea groups is 1. The second-order valence-electron chi connectivity index (χ2n) is 8.74. The van der Waals surface area contributed by atoms with Crippen LogP contribution >= 0.6 is 11.6 Å². The van der Waals surface area contributed by atoms with Crippen molar-refractivity contribution < 1.29 is 28.6 Å². The van der Waals surface area contributed by atoms with Gasteiger partial charge in [-0.3, -0.25) is 19.8 Å². The van der Waals surface area contributed by atoms with Crippen molar-refractivity contribution >= 4 is 35.5 Å². The van der Waals surface area contributed by atoms with Gasteiger partial charge in [-0.15, -0.1) is 0 Å². The highest BCUT2D eigenvalue weighted by Gasteiger charge is 2.35. The SMILES string of the molecule is CCCOc1ccc(CN2C(=O)NC(=O)/C(=C\c3ccc(OCc4ccccc4)c(Cl)c3)C2=O)cc1OCC. The Kier molecular flexibility index (Phi) is 9.22. The number of halogens is 1. The molecular weight excluding hydrogens is 520 g/mol. The minimum atomic E-state index is -0.797. The molecule has 39 heavy (non-hydrogen) atoms. The van der Waals surface area contributed by atoms with Crippen LogP contribution in [0.4, 0.5) is 4.79 Å². The molecule has 3 aromatic rings. The first-order valence-electron chi connectivity index (χ1n) is 12.6. The van der Waals surface area contributed by atoms with Crippen LogP contribution in [0.2, 0.25) is 5.02 Å². The van der Waals surface area contributed by atoms with E-state index in [0.717, 1.165) is 16.9 Å². The Bertz CT molecular complexity index is 1390. The number of carbonyl (C=O) groups is 3. The van der Waals surface area contributed by atoms with Crippen molar-refractivity contribution in [1.82, 2.24) is 10.2 Å². The third-order valence-corrected chi connectivity index (χ3v) is 6.10. The van der Waals surface area contributed by atoms with Crippen molar-refractivity contribution in [3.05, 3.63) is 94.0 Å². The zero-order valence-corrected chi connectivity index (χ0v) is 22.5. The molecule has 1 fully saturated rings. The van der Waals surface area contributed by atoms with Crippen LogP contribution in [0.15, 0.2) is 72.3 Å². The molecule has 8 nitrogen and oxygen atoms in total. The molecule has 1 aliphatic heterocycles. The lowest BCUT2D eigenvalue weighted by molar-refractivity contribution is -0.130. The zero-order valence-electron chi connectivity index (χ0n) is 21.7. The van der Waals surface area contributed by atoms with Crippen LogP contribution in [0.5, 0.6) is 17.2 Å². The number of benzene rings is 3. The molecule has 1 saturated heterocycles. The third kappa shape index (κ3) is 6.97. The van der Waals surface area contributed by atoms with Gasteiger partial charge in [0.2, 0.25) is 0 Å². The van der Waals surface area contributed by atoms with Gasteiger partial charge in [-0.05, 0) is 60.4 Å². The van der Waals surface area contributed by atoms with Crippen molar-refractivity contribution in [3.8, 4) is 17.2 Å². The Morgan fingerprint density at radius 2 is 1.62 bits per heavy atom. The first-order chi connectivity index (χ1) is 18.9. The first kappa shape index (κ1) is 27.7. The maximum atomic E-state index is 13.2. The van der Waals surface area contributed by atoms with Gasteiger partial charge in [0.25, 0.3) is 11.8 Å². The summed E-state index contributed by atoms with van der Waals surface area (Å²) < 4.78 is 17.2. The topological polar surface area (TPSA) is 94.2 Å². The third-order valence-electron chi connectivity index (χ3n) is 5.80. The minimum Gasteiger partial charge on any atom is -0.490 e. The van der Waals surface area contributed by atoms with Gasteiger partial charge in [0.15, 0.2) is 11.5 Å². The normalized spacial score (nSPS) is 14.4. The van der Waals surface area contributed by atoms with E-state index < -0.39 is 17.8 Å². The van der Waals surface area contributed by atoms with E-state index in [4.69, 9.17) is 25.8 Å². The fraction of sp³-hybridized carbons (Fsp3) is 0.233. The Labute approximate surface area is 232 Å². The molecule has 0 atom stereocenters. The van der Waals surface area contributed by atoms with Gasteiger partial charge in [0.1, 0.15) is 17.9 Å². The predicted octanol–water partition coefficient (Wildman–Crippen LogP) is 5.77. The summed E-state index contributed by atoms with van der Waals surface area (Å²) in [6.45, 7) is 5.10. The number of amides is 4. The van der Waals surface area contributed by atoms with E-state index in [1.807, 2.05) is 44.2 Å². The summed E-state index contributed by atoms with van der Waals surface area (Å²) >= 11 is 6.40. The highest BCUT2D eigenvalue weighted by molar-refractivity contribution is 6.33. The molecule has 0 radical (unpaired) electrons. The maximum Gasteiger partial charge on any atom is 0.331 e. The first-order valence-corrected chi connectivity index (χ1v) is 13.0. The Morgan fingerprint density at radius 1 is 0.846 bits per heavy atom. The van der Waals surface area contributed by atoms with E-state index in [-0.39, 0.29) is 12.1 Å². The van der Waals surface area contributed by atoms with E-state index in [1.165, 1.54) is 6.08 Å². The highest BCUT2D eigenvalue weighted by Crippen LogP contribution is 2.30. The van der Waals surface area contributed by atoms with Crippen molar-refractivity contribution in [2.24, 2.45) is 0 Å². The van der Waals surface area contributed by atoms with E-state index in [1.54, 1.807) is 36.4 Å². The quantitative estimate of drug-likeness (QED) is 0.241. The molecule has 4 rings (SSSR count). The zero-order chi connectivity index (χ0) is 27.8. The second-order valence-corrected chi connectivity index (χ2v) is 9.14. The Morgan fingerprint density at radius 3 is 2.33 bits per heavy atom. The second kappa shape index (κ2) is 13.0. The van der Waals surface area contributed by atoms with Crippen LogP contribution in [0.25, 0.3) is 6.08 Å². The van der Waals surface area contributed by atoms with Crippen molar-refractivity contribution in [1.29, 1.82) is 0 Å². The number of ether oxygens (including phenoxy) is 3. The van der Waals surface area contributed by atoms with Gasteiger partial charge in [0.05, 0.1) is 24.8 Å². The molecule has 9 heteroatoms. The fourth-order valence-electron chi connectivity index (χ4n) is 3.90. The number of nitrogens with zero attached hydrogens (tertiary/aromatic N) is 1. The standard InChI is InChI=1S/C30H29ClN2O6/c1-3-14-38-26-13-11-22(17-27(26)37-4-2)18-33-29(35)23(28(34)32-30(33)36)15-21-10-12-25(24(31)16-21)39-19-20-8-6-5-7-9-20/h5-13,15-17H,3-4,14,18-19H2,1-2H3,(H,32,34,36)/b23-15+. The lowest BCUT2D eigenvalue weighted by atomic mass is 10.1. The summed E-state index contributed by atoms with van der Waals surface area (Å²) in [6, 6.07) is 19.0. The maximum absolute atomic E-state index is 13.2. The largest absolute Gasteiger partial charge is 0.490 e. The van der Waals surface area contributed by atoms with Gasteiger partial charge in [-0.25, -0.2) is 4.79 Å². The van der Waals surface area contributed by atoms with Crippen LogP contribution < -0.4 is 19.5 Å². The molecule has 0 aromatic heterocycles. The van der Waals surface area contributed by atoms with Gasteiger partial charge in [0, 0.05) is 0 Å². The van der Waals surface area contributed by atoms with Crippen LogP contribution in [0, 0.1) is 0 Å². The van der Waals surface area contributed by atoms with Crippen LogP contribution in [-0.4, -0.2) is 36.0 Å². The Balaban J connectivity index is 1.51. The summed E-state index contributed by atoms with van der Waals surface area (Å²) in [6.07, 6.45) is 2.24. The minimum absolute atomic E-state index is 0.0591. The average molecular weight is 549 g/mol. The summed E-state index contributed by atoms with van der Waals surface area (Å²) in [4.78, 5) is 39.4. The molecule has 0 aliphatic carbocycles. The number of nitrogens with one attached hydrogen (secondary N) is 1. The number of imide groups is 2. The number of barbiturate groups is 1. The predicted molar refractivity (Wildman–Crippen MR) is 148 cm³/mol. The summed E-state index contributed by atoms with van der Waals surface area (Å²) in [5, 5.41) is 2.56. The van der Waals surface area contributed by atoms with E-state index in [2.05, 4.69) is 5.32 Å². The van der Waals surface area contributed by atoms with Crippen molar-refractivity contribution in [3.63, 3.8) is 0 Å². The molecule has 1 aliphatic rings. The summed E-state index contributed by atoms with van der Waals surface area (Å²) in [5.41, 5.74) is 1.96. The number of rotatable bonds is 11. The van der Waals surface area contributed by atoms with Gasteiger partial charge in [-0.2, -0.15) is 0 Å². The van der Waals surface area contributed by atoms with Crippen LogP contribution in [-0.2, 0) is 22.7 Å². The number of hydrogen-bond donors (Lipinski definition) is 1. The highest BCUT2D eigenvalue weighted by atomic mass is 35.5. The molecule has 1 heterocycles. The smallest absolute Gasteiger partial charge is 0.331 e. The van der Waals surface area contributed by atoms with E-state index in [9.17, 15) is 14.4 Å². The van der Waals surface area contributed by atoms with Crippen molar-refractivity contribution in [2.45, 2.75) is 33.4 Å². The lowest BCUT2D eigenvalue weighted by Gasteiger charge is -2.26. The summed E-state index contributed by atoms with van der Waals surface area (Å²) in [5.74, 6) is 0.0779.